The second-order valence-electron chi connectivity index (χ2n) is 18.7. The van der Waals surface area contributed by atoms with Crippen LogP contribution >= 0.6 is 16.3 Å². The zero-order chi connectivity index (χ0) is 45.5. The third kappa shape index (κ3) is 29.7. The molecule has 0 saturated heterocycles. The van der Waals surface area contributed by atoms with E-state index >= 15 is 0 Å². The Labute approximate surface area is 438 Å². The normalized spacial score (nSPS) is 23.5. The van der Waals surface area contributed by atoms with Gasteiger partial charge in [0.25, 0.3) is 0 Å². The van der Waals surface area contributed by atoms with Gasteiger partial charge in [0, 0.05) is 44.6 Å². The van der Waals surface area contributed by atoms with Gasteiger partial charge in [0.15, 0.2) is 8.38 Å². The topological polar surface area (TPSA) is 58.3 Å². The Balaban J connectivity index is -0.000000883. The van der Waals surface area contributed by atoms with Crippen LogP contribution in [-0.4, -0.2) is 21.7 Å². The molecule has 6 atom stereocenters. The molecule has 4 aliphatic carbocycles. The van der Waals surface area contributed by atoms with Crippen LogP contribution in [-0.2, 0) is 99.6 Å². The number of hydrogen-bond donors (Lipinski definition) is 0. The van der Waals surface area contributed by atoms with Gasteiger partial charge >= 0.3 is 39.7 Å². The Morgan fingerprint density at radius 3 is 1.13 bits per heavy atom. The fourth-order valence-electron chi connectivity index (χ4n) is 7.46. The molecule has 0 aliphatic heterocycles. The second-order valence-corrected chi connectivity index (χ2v) is 24.8. The molecule has 4 saturated carbocycles. The molecule has 4 fully saturated rings. The molecule has 63 heavy (non-hydrogen) atoms. The molecular weight excluding hydrogens is 1080 g/mol. The monoisotopic (exact) mass is 1150 g/mol. The number of hydrogen-bond acceptors (Lipinski definition) is 4. The van der Waals surface area contributed by atoms with E-state index in [0.717, 1.165) is 11.8 Å². The minimum absolute atomic E-state index is 0. The molecule has 4 nitrogen and oxygen atoms in total. The molecule has 4 aliphatic rings. The summed E-state index contributed by atoms with van der Waals surface area (Å²) in [5.74, 6) is 4.18. The molecule has 0 bridgehead atoms. The van der Waals surface area contributed by atoms with Crippen molar-refractivity contribution in [3.05, 3.63) is 137 Å². The first-order valence-electron chi connectivity index (χ1n) is 21.6. The van der Waals surface area contributed by atoms with Gasteiger partial charge in [-0.3, -0.25) is 0 Å². The van der Waals surface area contributed by atoms with E-state index in [9.17, 15) is 0 Å². The van der Waals surface area contributed by atoms with Gasteiger partial charge in [0.2, 0.25) is 0 Å². The maximum Gasteiger partial charge on any atom is 2.00 e. The van der Waals surface area contributed by atoms with Gasteiger partial charge in [0.1, 0.15) is 0 Å². The SMILES string of the molecule is CC(C)(C)[S-].CC(C)(C)[S-].CC(C)[C@@H]1CC[C@@H](C)C[C@H]1OP(O[C@@H]1C[C@H](C)CC[C@H]1C(C)C)[C]1[CH][CH][CH][CH]1.[C-]#[O+].[C-]#[O+].[CH]1[CH][CH][C](P(c2ccccc2)c2ccccc2)[CH]1.[Fe+2].[Rh].[Rh]. The van der Waals surface area contributed by atoms with Crippen LogP contribution in [0.3, 0.4) is 0 Å². The van der Waals surface area contributed by atoms with E-state index < -0.39 is 16.3 Å². The third-order valence-corrected chi connectivity index (χ3v) is 14.3. The third-order valence-electron chi connectivity index (χ3n) is 10.2. The molecule has 0 heterocycles. The van der Waals surface area contributed by atoms with Gasteiger partial charge in [-0.1, -0.05) is 157 Å². The van der Waals surface area contributed by atoms with Crippen LogP contribution in [0.15, 0.2) is 60.7 Å². The van der Waals surface area contributed by atoms with Gasteiger partial charge in [-0.15, -0.1) is 0 Å². The predicted molar refractivity (Wildman–Crippen MR) is 261 cm³/mol. The summed E-state index contributed by atoms with van der Waals surface area (Å²) >= 11 is 9.65. The summed E-state index contributed by atoms with van der Waals surface area (Å²) in [5.41, 5.74) is 2.68. The van der Waals surface area contributed by atoms with Crippen molar-refractivity contribution in [1.29, 1.82) is 0 Å². The quantitative estimate of drug-likeness (QED) is 0.0782. The minimum Gasteiger partial charge on any atom is -0.0622 e. The largest absolute Gasteiger partial charge is 2.00 e. The van der Waals surface area contributed by atoms with Crippen LogP contribution in [0.2, 0.25) is 0 Å². The van der Waals surface area contributed by atoms with Crippen molar-refractivity contribution in [1.82, 2.24) is 0 Å². The Hall–Kier alpha value is 1.17. The van der Waals surface area contributed by atoms with E-state index in [-0.39, 0.29) is 65.5 Å². The Morgan fingerprint density at radius 2 is 0.841 bits per heavy atom. The summed E-state index contributed by atoms with van der Waals surface area (Å²) in [6.45, 7) is 35.2. The number of benzene rings is 2. The zero-order valence-electron chi connectivity index (χ0n) is 39.6. The summed E-state index contributed by atoms with van der Waals surface area (Å²) in [7, 11) is -1.41. The average molecular weight is 1150 g/mol. The van der Waals surface area contributed by atoms with Crippen LogP contribution in [0.4, 0.5) is 0 Å². The van der Waals surface area contributed by atoms with Crippen molar-refractivity contribution >= 4 is 52.2 Å². The summed E-state index contributed by atoms with van der Waals surface area (Å²) in [6.07, 6.45) is 25.7. The molecule has 0 unspecified atom stereocenters. The van der Waals surface area contributed by atoms with Gasteiger partial charge in [-0.2, -0.15) is 9.49 Å². The average Bonchev–Trinajstić information content (AvgIpc) is 3.92. The minimum atomic E-state index is -1.01. The van der Waals surface area contributed by atoms with Crippen molar-refractivity contribution < 1.29 is 74.4 Å². The van der Waals surface area contributed by atoms with Crippen molar-refractivity contribution in [3.63, 3.8) is 0 Å². The van der Waals surface area contributed by atoms with Gasteiger partial charge in [0.05, 0.1) is 17.9 Å². The van der Waals surface area contributed by atoms with Gasteiger partial charge in [-0.05, 0) is 131 Å². The van der Waals surface area contributed by atoms with Gasteiger partial charge < -0.3 is 34.3 Å². The van der Waals surface area contributed by atoms with E-state index in [1.807, 2.05) is 41.5 Å². The molecule has 12 radical (unpaired) electrons. The van der Waals surface area contributed by atoms with Crippen LogP contribution in [0.5, 0.6) is 0 Å². The smallest absolute Gasteiger partial charge is 0.0622 e. The molecule has 354 valence electrons. The first-order valence-corrected chi connectivity index (χ1v) is 24.9. The van der Waals surface area contributed by atoms with E-state index in [4.69, 9.17) is 43.6 Å². The zero-order valence-corrected chi connectivity index (χ0v) is 47.4. The predicted octanol–water partition coefficient (Wildman–Crippen LogP) is 13.7. The maximum absolute atomic E-state index is 7.50. The molecule has 0 aromatic heterocycles. The Morgan fingerprint density at radius 1 is 0.556 bits per heavy atom. The molecule has 0 spiro atoms. The summed E-state index contributed by atoms with van der Waals surface area (Å²) in [5, 5.41) is 2.81. The summed E-state index contributed by atoms with van der Waals surface area (Å²) < 4.78 is 28.9. The molecule has 0 amide bonds. The van der Waals surface area contributed by atoms with E-state index in [2.05, 4.69) is 167 Å². The standard InChI is InChI=1S/C25H42O2P.C17H14P.2C4H10S.2CO.Fe.2Rh/c1-17(2)22-13-11-19(5)15-24(22)26-28(21-9-7-8-10-21)27-25-16-20(6)12-14-23(25)18(3)4;1-3-9-15(10-4-1)18(17-13-7-8-14-17)16-11-5-2-6-12-16;2*1-4(2,3)5;2*1-2;;;/h7-10,17-20,22-25H,11-16H2,1-6H3;1-14H;2*5H,1-3H3;;;;;/q;;;;;;+2;;/p-2/t19-,20-,22+,23+,24-,25-;;;;;;;;/m1......../s1. The summed E-state index contributed by atoms with van der Waals surface area (Å²) in [4.78, 5) is 0. The summed E-state index contributed by atoms with van der Waals surface area (Å²) in [6, 6.07) is 21.6. The molecule has 6 rings (SSSR count). The second kappa shape index (κ2) is 37.1. The maximum atomic E-state index is 7.50. The first-order chi connectivity index (χ1) is 28.3. The fourth-order valence-corrected chi connectivity index (χ4v) is 11.5. The fraction of sp³-hybridized carbons (Fsp3) is 0.538. The molecule has 0 N–H and O–H groups in total. The van der Waals surface area contributed by atoms with Crippen LogP contribution < -0.4 is 10.6 Å². The molecule has 11 heteroatoms. The Bertz CT molecular complexity index is 1310. The molecule has 2 aromatic carbocycles. The van der Waals surface area contributed by atoms with Crippen molar-refractivity contribution in [2.45, 2.75) is 143 Å². The molecule has 2 aromatic rings. The van der Waals surface area contributed by atoms with Crippen molar-refractivity contribution in [2.24, 2.45) is 35.5 Å². The Kier molecular flexibility index (Phi) is 40.2. The van der Waals surface area contributed by atoms with Crippen LogP contribution in [0.1, 0.15) is 122 Å². The van der Waals surface area contributed by atoms with Crippen molar-refractivity contribution in [2.75, 3.05) is 0 Å². The van der Waals surface area contributed by atoms with E-state index in [1.54, 1.807) is 0 Å². The van der Waals surface area contributed by atoms with Crippen LogP contribution in [0, 0.1) is 111 Å². The molecular formula is C52H74FeO4P2Rh2S2. The van der Waals surface area contributed by atoms with Crippen molar-refractivity contribution in [3.8, 4) is 0 Å². The van der Waals surface area contributed by atoms with E-state index in [0.29, 0.717) is 35.9 Å². The van der Waals surface area contributed by atoms with E-state index in [1.165, 1.54) is 60.5 Å². The van der Waals surface area contributed by atoms with Gasteiger partial charge in [-0.25, -0.2) is 0 Å². The first kappa shape index (κ1) is 68.4. The number of rotatable bonds is 10. The van der Waals surface area contributed by atoms with Crippen LogP contribution in [0.25, 0.3) is 0 Å².